The Labute approximate surface area is 97.5 Å². The summed E-state index contributed by atoms with van der Waals surface area (Å²) in [7, 11) is 4.24. The van der Waals surface area contributed by atoms with Gasteiger partial charge in [-0.3, -0.25) is 0 Å². The molecule has 0 aliphatic carbocycles. The zero-order valence-corrected chi connectivity index (χ0v) is 10.4. The molecule has 0 N–H and O–H groups in total. The molecule has 2 nitrogen and oxygen atoms in total. The molecule has 1 aromatic carbocycles. The molecule has 0 amide bonds. The fraction of sp³-hybridized carbons (Fsp3) is 0.429. The molecule has 0 saturated carbocycles. The quantitative estimate of drug-likeness (QED) is 0.763. The molecule has 2 rings (SSSR count). The third kappa shape index (κ3) is 2.45. The van der Waals surface area contributed by atoms with E-state index in [4.69, 9.17) is 0 Å². The molecule has 0 radical (unpaired) electrons. The van der Waals surface area contributed by atoms with Gasteiger partial charge in [-0.1, -0.05) is 11.6 Å². The van der Waals surface area contributed by atoms with E-state index >= 15 is 0 Å². The Balaban J connectivity index is 2.13. The SMILES string of the molecule is Cc1ccc2c(ccn2CCCN(C)C)c1. The number of aryl methyl sites for hydroxylation is 2. The molecular weight excluding hydrogens is 196 g/mol. The maximum atomic E-state index is 2.35. The van der Waals surface area contributed by atoms with Gasteiger partial charge in [-0.25, -0.2) is 0 Å². The lowest BCUT2D eigenvalue weighted by Crippen LogP contribution is -2.14. The van der Waals surface area contributed by atoms with E-state index in [0.717, 1.165) is 13.1 Å². The molecule has 0 fully saturated rings. The van der Waals surface area contributed by atoms with E-state index in [0.29, 0.717) is 0 Å². The highest BCUT2D eigenvalue weighted by molar-refractivity contribution is 5.80. The van der Waals surface area contributed by atoms with Crippen LogP contribution in [0.2, 0.25) is 0 Å². The van der Waals surface area contributed by atoms with Crippen molar-refractivity contribution in [2.24, 2.45) is 0 Å². The highest BCUT2D eigenvalue weighted by atomic mass is 15.1. The molecule has 2 heteroatoms. The van der Waals surface area contributed by atoms with Crippen molar-refractivity contribution in [2.75, 3.05) is 20.6 Å². The Bertz CT molecular complexity index is 469. The summed E-state index contributed by atoms with van der Waals surface area (Å²) >= 11 is 0. The van der Waals surface area contributed by atoms with Crippen molar-refractivity contribution < 1.29 is 0 Å². The predicted octanol–water partition coefficient (Wildman–Crippen LogP) is 2.90. The molecule has 86 valence electrons. The minimum absolute atomic E-state index is 1.10. The van der Waals surface area contributed by atoms with Gasteiger partial charge in [0, 0.05) is 18.3 Å². The van der Waals surface area contributed by atoms with Gasteiger partial charge in [-0.05, 0) is 57.6 Å². The number of benzene rings is 1. The summed E-state index contributed by atoms with van der Waals surface area (Å²) in [6.45, 7) is 4.39. The van der Waals surface area contributed by atoms with Crippen LogP contribution in [0, 0.1) is 6.92 Å². The van der Waals surface area contributed by atoms with Gasteiger partial charge in [0.2, 0.25) is 0 Å². The van der Waals surface area contributed by atoms with Crippen LogP contribution < -0.4 is 0 Å². The summed E-state index contributed by atoms with van der Waals surface area (Å²) in [5.74, 6) is 0. The highest BCUT2D eigenvalue weighted by Crippen LogP contribution is 2.17. The Morgan fingerprint density at radius 2 is 2.00 bits per heavy atom. The molecule has 0 atom stereocenters. The van der Waals surface area contributed by atoms with Gasteiger partial charge >= 0.3 is 0 Å². The predicted molar refractivity (Wildman–Crippen MR) is 69.8 cm³/mol. The maximum absolute atomic E-state index is 2.35. The largest absolute Gasteiger partial charge is 0.347 e. The van der Waals surface area contributed by atoms with Gasteiger partial charge in [0.05, 0.1) is 0 Å². The third-order valence-electron chi connectivity index (χ3n) is 2.93. The molecule has 0 aliphatic rings. The van der Waals surface area contributed by atoms with Crippen molar-refractivity contribution in [1.29, 1.82) is 0 Å². The Morgan fingerprint density at radius 1 is 1.19 bits per heavy atom. The monoisotopic (exact) mass is 216 g/mol. The van der Waals surface area contributed by atoms with Crippen LogP contribution in [0.15, 0.2) is 30.5 Å². The van der Waals surface area contributed by atoms with Crippen LogP contribution in [0.4, 0.5) is 0 Å². The third-order valence-corrected chi connectivity index (χ3v) is 2.93. The number of aromatic nitrogens is 1. The van der Waals surface area contributed by atoms with Crippen molar-refractivity contribution >= 4 is 10.9 Å². The van der Waals surface area contributed by atoms with Crippen molar-refractivity contribution in [3.8, 4) is 0 Å². The molecule has 0 bridgehead atoms. The number of fused-ring (bicyclic) bond motifs is 1. The van der Waals surface area contributed by atoms with Crippen LogP contribution in [0.25, 0.3) is 10.9 Å². The van der Waals surface area contributed by atoms with Crippen LogP contribution in [-0.4, -0.2) is 30.1 Å². The highest BCUT2D eigenvalue weighted by Gasteiger charge is 2.00. The van der Waals surface area contributed by atoms with E-state index in [1.54, 1.807) is 0 Å². The number of hydrogen-bond acceptors (Lipinski definition) is 1. The molecule has 1 aromatic heterocycles. The zero-order valence-electron chi connectivity index (χ0n) is 10.4. The van der Waals surface area contributed by atoms with Crippen molar-refractivity contribution in [1.82, 2.24) is 9.47 Å². The van der Waals surface area contributed by atoms with Crippen molar-refractivity contribution in [3.63, 3.8) is 0 Å². The summed E-state index contributed by atoms with van der Waals surface area (Å²) in [6, 6.07) is 8.86. The Kier molecular flexibility index (Phi) is 3.30. The fourth-order valence-electron chi connectivity index (χ4n) is 2.07. The van der Waals surface area contributed by atoms with Crippen LogP contribution in [0.1, 0.15) is 12.0 Å². The molecule has 0 unspecified atom stereocenters. The van der Waals surface area contributed by atoms with E-state index < -0.39 is 0 Å². The van der Waals surface area contributed by atoms with Crippen LogP contribution >= 0.6 is 0 Å². The van der Waals surface area contributed by atoms with Gasteiger partial charge in [-0.2, -0.15) is 0 Å². The lowest BCUT2D eigenvalue weighted by Gasteiger charge is -2.10. The van der Waals surface area contributed by atoms with E-state index in [1.165, 1.54) is 22.9 Å². The Morgan fingerprint density at radius 3 is 2.75 bits per heavy atom. The first-order valence-electron chi connectivity index (χ1n) is 5.87. The second-order valence-electron chi connectivity index (χ2n) is 4.73. The van der Waals surface area contributed by atoms with Crippen molar-refractivity contribution in [3.05, 3.63) is 36.0 Å². The number of nitrogens with zero attached hydrogens (tertiary/aromatic N) is 2. The zero-order chi connectivity index (χ0) is 11.5. The smallest absolute Gasteiger partial charge is 0.0480 e. The number of rotatable bonds is 4. The first-order valence-corrected chi connectivity index (χ1v) is 5.87. The van der Waals surface area contributed by atoms with Crippen LogP contribution in [0.3, 0.4) is 0 Å². The van der Waals surface area contributed by atoms with E-state index in [1.807, 2.05) is 0 Å². The summed E-state index contributed by atoms with van der Waals surface area (Å²) in [5, 5.41) is 1.35. The summed E-state index contributed by atoms with van der Waals surface area (Å²) in [5.41, 5.74) is 2.68. The lowest BCUT2D eigenvalue weighted by atomic mass is 10.2. The van der Waals surface area contributed by atoms with Gasteiger partial charge in [0.1, 0.15) is 0 Å². The molecule has 0 spiro atoms. The number of hydrogen-bond donors (Lipinski definition) is 0. The standard InChI is InChI=1S/C14H20N2/c1-12-5-6-14-13(11-12)7-10-16(14)9-4-8-15(2)3/h5-7,10-11H,4,8-9H2,1-3H3. The van der Waals surface area contributed by atoms with Gasteiger partial charge in [-0.15, -0.1) is 0 Å². The second kappa shape index (κ2) is 4.71. The van der Waals surface area contributed by atoms with Crippen LogP contribution in [0.5, 0.6) is 0 Å². The Hall–Kier alpha value is -1.28. The molecule has 0 saturated heterocycles. The first-order chi connectivity index (χ1) is 7.66. The topological polar surface area (TPSA) is 8.17 Å². The molecule has 0 aliphatic heterocycles. The minimum atomic E-state index is 1.10. The summed E-state index contributed by atoms with van der Waals surface area (Å²) in [6.07, 6.45) is 3.39. The van der Waals surface area contributed by atoms with E-state index in [-0.39, 0.29) is 0 Å². The maximum Gasteiger partial charge on any atom is 0.0480 e. The fourth-order valence-corrected chi connectivity index (χ4v) is 2.07. The average molecular weight is 216 g/mol. The van der Waals surface area contributed by atoms with E-state index in [2.05, 4.69) is 60.9 Å². The molecule has 1 heterocycles. The van der Waals surface area contributed by atoms with Gasteiger partial charge in [0.15, 0.2) is 0 Å². The molecule has 16 heavy (non-hydrogen) atoms. The minimum Gasteiger partial charge on any atom is -0.347 e. The second-order valence-corrected chi connectivity index (χ2v) is 4.73. The van der Waals surface area contributed by atoms with Crippen LogP contribution in [-0.2, 0) is 6.54 Å². The van der Waals surface area contributed by atoms with E-state index in [9.17, 15) is 0 Å². The molecule has 2 aromatic rings. The summed E-state index contributed by atoms with van der Waals surface area (Å²) in [4.78, 5) is 2.23. The normalized spacial score (nSPS) is 11.5. The first kappa shape index (κ1) is 11.2. The molecular formula is C14H20N2. The summed E-state index contributed by atoms with van der Waals surface area (Å²) < 4.78 is 2.35. The van der Waals surface area contributed by atoms with Gasteiger partial charge in [0.25, 0.3) is 0 Å². The van der Waals surface area contributed by atoms with Crippen molar-refractivity contribution in [2.45, 2.75) is 19.9 Å². The average Bonchev–Trinajstić information content (AvgIpc) is 2.60. The lowest BCUT2D eigenvalue weighted by molar-refractivity contribution is 0.388. The van der Waals surface area contributed by atoms with Gasteiger partial charge < -0.3 is 9.47 Å².